The molecule has 1 N–H and O–H groups in total. The van der Waals surface area contributed by atoms with Crippen LogP contribution in [-0.4, -0.2) is 21.7 Å². The van der Waals surface area contributed by atoms with E-state index >= 15 is 0 Å². The van der Waals surface area contributed by atoms with Gasteiger partial charge in [-0.3, -0.25) is 0 Å². The largest absolute Gasteiger partial charge is 0.396 e. The van der Waals surface area contributed by atoms with Crippen LogP contribution in [0.4, 0.5) is 4.39 Å². The molecule has 0 saturated carbocycles. The average molecular weight is 260 g/mol. The molecule has 1 aromatic carbocycles. The zero-order valence-corrected chi connectivity index (χ0v) is 11.2. The molecule has 0 bridgehead atoms. The molecule has 0 spiro atoms. The summed E-state index contributed by atoms with van der Waals surface area (Å²) in [7, 11) is 0. The topological polar surface area (TPSA) is 46.0 Å². The summed E-state index contributed by atoms with van der Waals surface area (Å²) in [6.45, 7) is 3.77. The number of halogens is 1. The SMILES string of the molecule is Cc1cc(-c2ccc(F)c(C)c2)nc(CCCO)n1. The van der Waals surface area contributed by atoms with Crippen molar-refractivity contribution in [2.45, 2.75) is 26.7 Å². The first-order valence-corrected chi connectivity index (χ1v) is 6.32. The standard InChI is InChI=1S/C15H17FN2O/c1-10-8-12(5-6-13(10)16)14-9-11(2)17-15(18-14)4-3-7-19/h5-6,8-9,19H,3-4,7H2,1-2H3. The van der Waals surface area contributed by atoms with Gasteiger partial charge < -0.3 is 5.11 Å². The van der Waals surface area contributed by atoms with Gasteiger partial charge >= 0.3 is 0 Å². The van der Waals surface area contributed by atoms with Crippen molar-refractivity contribution in [3.05, 3.63) is 47.2 Å². The minimum absolute atomic E-state index is 0.127. The second-order valence-corrected chi connectivity index (χ2v) is 4.60. The molecule has 0 aliphatic heterocycles. The van der Waals surface area contributed by atoms with Crippen LogP contribution in [0, 0.1) is 19.7 Å². The van der Waals surface area contributed by atoms with Gasteiger partial charge in [-0.1, -0.05) is 0 Å². The van der Waals surface area contributed by atoms with Gasteiger partial charge in [0.1, 0.15) is 11.6 Å². The predicted octanol–water partition coefficient (Wildman–Crippen LogP) is 2.82. The van der Waals surface area contributed by atoms with Gasteiger partial charge in [-0.2, -0.15) is 0 Å². The molecule has 100 valence electrons. The fourth-order valence-corrected chi connectivity index (χ4v) is 1.93. The maximum absolute atomic E-state index is 13.3. The van der Waals surface area contributed by atoms with Crippen LogP contribution in [0.15, 0.2) is 24.3 Å². The third-order valence-electron chi connectivity index (χ3n) is 2.91. The zero-order valence-electron chi connectivity index (χ0n) is 11.2. The van der Waals surface area contributed by atoms with Gasteiger partial charge in [-0.15, -0.1) is 0 Å². The lowest BCUT2D eigenvalue weighted by Crippen LogP contribution is -2.01. The third-order valence-corrected chi connectivity index (χ3v) is 2.91. The molecule has 0 saturated heterocycles. The lowest BCUT2D eigenvalue weighted by molar-refractivity contribution is 0.287. The molecular formula is C15H17FN2O. The molecule has 0 aliphatic rings. The van der Waals surface area contributed by atoms with E-state index < -0.39 is 0 Å². The van der Waals surface area contributed by atoms with E-state index in [-0.39, 0.29) is 12.4 Å². The number of aromatic nitrogens is 2. The molecule has 0 radical (unpaired) electrons. The summed E-state index contributed by atoms with van der Waals surface area (Å²) in [6, 6.07) is 6.84. The molecule has 2 rings (SSSR count). The molecule has 0 unspecified atom stereocenters. The van der Waals surface area contributed by atoms with Gasteiger partial charge in [-0.25, -0.2) is 14.4 Å². The molecular weight excluding hydrogens is 243 g/mol. The Balaban J connectivity index is 2.37. The highest BCUT2D eigenvalue weighted by Crippen LogP contribution is 2.21. The number of rotatable bonds is 4. The normalized spacial score (nSPS) is 10.7. The van der Waals surface area contributed by atoms with Crippen LogP contribution in [0.5, 0.6) is 0 Å². The second kappa shape index (κ2) is 5.89. The Bertz CT molecular complexity index is 584. The van der Waals surface area contributed by atoms with Crippen LogP contribution in [0.25, 0.3) is 11.3 Å². The van der Waals surface area contributed by atoms with Crippen LogP contribution >= 0.6 is 0 Å². The number of nitrogens with zero attached hydrogens (tertiary/aromatic N) is 2. The third kappa shape index (κ3) is 3.35. The van der Waals surface area contributed by atoms with Gasteiger partial charge in [0.15, 0.2) is 0 Å². The summed E-state index contributed by atoms with van der Waals surface area (Å²) in [5.74, 6) is 0.501. The monoisotopic (exact) mass is 260 g/mol. The maximum Gasteiger partial charge on any atom is 0.129 e. The van der Waals surface area contributed by atoms with E-state index in [9.17, 15) is 4.39 Å². The van der Waals surface area contributed by atoms with E-state index in [1.165, 1.54) is 6.07 Å². The van der Waals surface area contributed by atoms with Gasteiger partial charge in [0.05, 0.1) is 5.69 Å². The Morgan fingerprint density at radius 3 is 2.63 bits per heavy atom. The summed E-state index contributed by atoms with van der Waals surface area (Å²) in [5.41, 5.74) is 3.16. The Morgan fingerprint density at radius 2 is 1.95 bits per heavy atom. The van der Waals surface area contributed by atoms with E-state index in [0.717, 1.165) is 17.0 Å². The fourth-order valence-electron chi connectivity index (χ4n) is 1.93. The van der Waals surface area contributed by atoms with E-state index in [1.54, 1.807) is 19.1 Å². The molecule has 0 atom stereocenters. The molecule has 0 fully saturated rings. The average Bonchev–Trinajstić information content (AvgIpc) is 2.39. The Kier molecular flexibility index (Phi) is 4.22. The molecule has 1 aromatic heterocycles. The van der Waals surface area contributed by atoms with Crippen molar-refractivity contribution in [3.63, 3.8) is 0 Å². The van der Waals surface area contributed by atoms with Crippen LogP contribution in [0.1, 0.15) is 23.5 Å². The molecule has 1 heterocycles. The summed E-state index contributed by atoms with van der Waals surface area (Å²) in [6.07, 6.45) is 1.29. The lowest BCUT2D eigenvalue weighted by Gasteiger charge is -2.07. The Labute approximate surface area is 112 Å². The molecule has 3 nitrogen and oxygen atoms in total. The van der Waals surface area contributed by atoms with E-state index in [0.29, 0.717) is 24.2 Å². The summed E-state index contributed by atoms with van der Waals surface area (Å²) < 4.78 is 13.3. The molecule has 0 aliphatic carbocycles. The molecule has 19 heavy (non-hydrogen) atoms. The van der Waals surface area contributed by atoms with Crippen molar-refractivity contribution < 1.29 is 9.50 Å². The van der Waals surface area contributed by atoms with Crippen molar-refractivity contribution in [3.8, 4) is 11.3 Å². The highest BCUT2D eigenvalue weighted by atomic mass is 19.1. The Morgan fingerprint density at radius 1 is 1.16 bits per heavy atom. The van der Waals surface area contributed by atoms with Crippen molar-refractivity contribution in [1.82, 2.24) is 9.97 Å². The van der Waals surface area contributed by atoms with Gasteiger partial charge in [0.25, 0.3) is 0 Å². The maximum atomic E-state index is 13.3. The van der Waals surface area contributed by atoms with Gasteiger partial charge in [-0.05, 0) is 50.1 Å². The quantitative estimate of drug-likeness (QED) is 0.919. The second-order valence-electron chi connectivity index (χ2n) is 4.60. The van der Waals surface area contributed by atoms with Crippen molar-refractivity contribution in [1.29, 1.82) is 0 Å². The minimum Gasteiger partial charge on any atom is -0.396 e. The van der Waals surface area contributed by atoms with Gasteiger partial charge in [0, 0.05) is 24.3 Å². The summed E-state index contributed by atoms with van der Waals surface area (Å²) in [4.78, 5) is 8.81. The van der Waals surface area contributed by atoms with Crippen LogP contribution in [0.2, 0.25) is 0 Å². The number of aryl methyl sites for hydroxylation is 3. The smallest absolute Gasteiger partial charge is 0.129 e. The lowest BCUT2D eigenvalue weighted by atomic mass is 10.1. The van der Waals surface area contributed by atoms with Crippen molar-refractivity contribution in [2.24, 2.45) is 0 Å². The van der Waals surface area contributed by atoms with Gasteiger partial charge in [0.2, 0.25) is 0 Å². The summed E-state index contributed by atoms with van der Waals surface area (Å²) >= 11 is 0. The number of hydrogen-bond donors (Lipinski definition) is 1. The predicted molar refractivity (Wildman–Crippen MR) is 72.3 cm³/mol. The van der Waals surface area contributed by atoms with Crippen molar-refractivity contribution in [2.75, 3.05) is 6.61 Å². The van der Waals surface area contributed by atoms with E-state index in [1.807, 2.05) is 13.0 Å². The fraction of sp³-hybridized carbons (Fsp3) is 0.333. The number of aliphatic hydroxyl groups is 1. The summed E-state index contributed by atoms with van der Waals surface area (Å²) in [5, 5.41) is 8.85. The number of hydrogen-bond acceptors (Lipinski definition) is 3. The zero-order chi connectivity index (χ0) is 13.8. The Hall–Kier alpha value is -1.81. The van der Waals surface area contributed by atoms with Crippen LogP contribution in [0.3, 0.4) is 0 Å². The highest BCUT2D eigenvalue weighted by Gasteiger charge is 2.06. The first-order chi connectivity index (χ1) is 9.10. The number of benzene rings is 1. The van der Waals surface area contributed by atoms with Crippen molar-refractivity contribution >= 4 is 0 Å². The van der Waals surface area contributed by atoms with Crippen LogP contribution in [-0.2, 0) is 6.42 Å². The molecule has 4 heteroatoms. The van der Waals surface area contributed by atoms with E-state index in [4.69, 9.17) is 5.11 Å². The highest BCUT2D eigenvalue weighted by molar-refractivity contribution is 5.60. The first kappa shape index (κ1) is 13.6. The van der Waals surface area contributed by atoms with Crippen LogP contribution < -0.4 is 0 Å². The molecule has 2 aromatic rings. The first-order valence-electron chi connectivity index (χ1n) is 6.32. The van der Waals surface area contributed by atoms with E-state index in [2.05, 4.69) is 9.97 Å². The minimum atomic E-state index is -0.213. The number of aliphatic hydroxyl groups excluding tert-OH is 1. The molecule has 0 amide bonds.